The zero-order chi connectivity index (χ0) is 19.9. The molecule has 0 unspecified atom stereocenters. The van der Waals surface area contributed by atoms with Gasteiger partial charge in [0, 0.05) is 42.5 Å². The Morgan fingerprint density at radius 2 is 0.793 bits per heavy atom. The number of aromatic amines is 2. The van der Waals surface area contributed by atoms with Crippen LogP contribution in [0.2, 0.25) is 0 Å². The molecule has 5 heteroatoms. The van der Waals surface area contributed by atoms with Gasteiger partial charge in [-0.15, -0.1) is 25.7 Å². The topological polar surface area (TPSA) is 57.4 Å². The third-order valence-corrected chi connectivity index (χ3v) is 4.04. The molecule has 4 nitrogen and oxygen atoms in total. The van der Waals surface area contributed by atoms with Crippen molar-refractivity contribution in [1.29, 1.82) is 0 Å². The van der Waals surface area contributed by atoms with E-state index in [9.17, 15) is 0 Å². The Kier molecular flexibility index (Phi) is 7.53. The molecule has 5 heterocycles. The molecule has 0 aromatic carbocycles. The van der Waals surface area contributed by atoms with Crippen molar-refractivity contribution in [3.8, 4) is 25.7 Å². The van der Waals surface area contributed by atoms with Gasteiger partial charge in [0.25, 0.3) is 0 Å². The van der Waals surface area contributed by atoms with Gasteiger partial charge in [-0.2, -0.15) is 0 Å². The molecule has 0 amide bonds. The number of nitrogens with one attached hydrogen (secondary N) is 2. The maximum Gasteiger partial charge on any atom is 0.0659 e. The summed E-state index contributed by atoms with van der Waals surface area (Å²) in [4.78, 5) is 16.0. The maximum absolute atomic E-state index is 4.62. The molecule has 0 atom stereocenters. The van der Waals surface area contributed by atoms with Crippen molar-refractivity contribution in [3.05, 3.63) is 71.3 Å². The van der Waals surface area contributed by atoms with Gasteiger partial charge in [0.15, 0.2) is 0 Å². The number of fused-ring (bicyclic) bond motifs is 8. The minimum absolute atomic E-state index is 0. The zero-order valence-electron chi connectivity index (χ0n) is 15.4. The normalized spacial score (nSPS) is 10.6. The first-order valence-electron chi connectivity index (χ1n) is 8.51. The Morgan fingerprint density at radius 1 is 0.483 bits per heavy atom. The molecule has 3 aromatic rings. The van der Waals surface area contributed by atoms with Crippen LogP contribution in [-0.4, -0.2) is 19.9 Å². The summed E-state index contributed by atoms with van der Waals surface area (Å²) < 4.78 is 0. The van der Waals surface area contributed by atoms with E-state index in [4.69, 9.17) is 0 Å². The van der Waals surface area contributed by atoms with Crippen molar-refractivity contribution in [2.45, 2.75) is 0 Å². The molecule has 0 spiro atoms. The predicted octanol–water partition coefficient (Wildman–Crippen LogP) is 5.15. The molecule has 2 N–H and O–H groups in total. The van der Waals surface area contributed by atoms with Gasteiger partial charge < -0.3 is 9.97 Å². The largest absolute Gasteiger partial charge is 0.355 e. The minimum Gasteiger partial charge on any atom is -0.355 e. The Bertz CT molecular complexity index is 1160. The van der Waals surface area contributed by atoms with Crippen LogP contribution in [0, 0.1) is 25.7 Å². The van der Waals surface area contributed by atoms with Gasteiger partial charge in [-0.1, -0.05) is 0 Å². The fourth-order valence-electron chi connectivity index (χ4n) is 2.94. The Hall–Kier alpha value is -3.62. The van der Waals surface area contributed by atoms with Gasteiger partial charge in [0.05, 0.1) is 22.8 Å². The molecule has 0 aliphatic carbocycles. The molecular weight excluding hydrogens is 451 g/mol. The second kappa shape index (κ2) is 10.1. The van der Waals surface area contributed by atoms with Crippen molar-refractivity contribution in [1.82, 2.24) is 19.9 Å². The van der Waals surface area contributed by atoms with Crippen molar-refractivity contribution in [2.75, 3.05) is 0 Å². The van der Waals surface area contributed by atoms with Crippen LogP contribution in [0.5, 0.6) is 0 Å². The summed E-state index contributed by atoms with van der Waals surface area (Å²) in [6.45, 7) is 0. The quantitative estimate of drug-likeness (QED) is 0.244. The molecule has 2 aliphatic rings. The summed E-state index contributed by atoms with van der Waals surface area (Å²) in [6, 6.07) is 16.4. The van der Waals surface area contributed by atoms with Gasteiger partial charge >= 0.3 is 0 Å². The van der Waals surface area contributed by atoms with E-state index in [2.05, 4.69) is 76.0 Å². The zero-order valence-corrected chi connectivity index (χ0v) is 17.0. The van der Waals surface area contributed by atoms with Crippen molar-refractivity contribution >= 4 is 46.4 Å². The first-order valence-corrected chi connectivity index (χ1v) is 8.51. The van der Waals surface area contributed by atoms with Crippen LogP contribution >= 0.6 is 0 Å². The van der Waals surface area contributed by atoms with Crippen LogP contribution in [0.1, 0.15) is 22.8 Å². The molecule has 144 valence electrons. The smallest absolute Gasteiger partial charge is 0.0659 e. The first kappa shape index (κ1) is 21.7. The molecule has 29 heavy (non-hydrogen) atoms. The molecule has 0 saturated heterocycles. The number of H-pyrrole nitrogens is 2. The molecule has 3 aromatic heterocycles. The van der Waals surface area contributed by atoms with Crippen LogP contribution in [0.3, 0.4) is 0 Å². The second-order valence-electron chi connectivity index (χ2n) is 5.91. The summed E-state index contributed by atoms with van der Waals surface area (Å²) in [5, 5.41) is 0. The number of hydrogen-bond acceptors (Lipinski definition) is 2. The molecule has 5 rings (SSSR count). The fourth-order valence-corrected chi connectivity index (χ4v) is 2.94. The third-order valence-electron chi connectivity index (χ3n) is 4.04. The predicted molar refractivity (Wildman–Crippen MR) is 119 cm³/mol. The van der Waals surface area contributed by atoms with Gasteiger partial charge in [0.1, 0.15) is 0 Å². The second-order valence-corrected chi connectivity index (χ2v) is 5.91. The fraction of sp³-hybridized carbons (Fsp3) is 0. The maximum atomic E-state index is 4.62. The van der Waals surface area contributed by atoms with E-state index in [1.54, 1.807) is 0 Å². The summed E-state index contributed by atoms with van der Waals surface area (Å²) in [6.07, 6.45) is 24.0. The van der Waals surface area contributed by atoms with Crippen LogP contribution in [0.25, 0.3) is 46.4 Å². The van der Waals surface area contributed by atoms with E-state index in [0.29, 0.717) is 0 Å². The van der Waals surface area contributed by atoms with E-state index >= 15 is 0 Å². The van der Waals surface area contributed by atoms with E-state index in [-0.39, 0.29) is 20.4 Å². The average Bonchev–Trinajstić information content (AvgIpc) is 3.51. The van der Waals surface area contributed by atoms with Crippen LogP contribution < -0.4 is 0 Å². The third kappa shape index (κ3) is 5.22. The number of hydrogen-bond donors (Lipinski definition) is 2. The summed E-state index contributed by atoms with van der Waals surface area (Å²) >= 11 is 0. The SMILES string of the molecule is C#C.C#C.C1=Cc2cc3ccc(cc4ccc(cc5nc(cc1n2)C=C5)[nH]4)[nH]3.[Pd]. The molecule has 0 saturated carbocycles. The van der Waals surface area contributed by atoms with E-state index in [1.165, 1.54) is 0 Å². The number of terminal acetylenes is 2. The number of aromatic nitrogens is 4. The summed E-state index contributed by atoms with van der Waals surface area (Å²) in [7, 11) is 0. The summed E-state index contributed by atoms with van der Waals surface area (Å²) in [5.41, 5.74) is 7.86. The average molecular weight is 469 g/mol. The Balaban J connectivity index is 0.000000567. The van der Waals surface area contributed by atoms with Crippen molar-refractivity contribution < 1.29 is 20.4 Å². The molecule has 2 aliphatic heterocycles. The van der Waals surface area contributed by atoms with E-state index < -0.39 is 0 Å². The molecule has 0 radical (unpaired) electrons. The van der Waals surface area contributed by atoms with Crippen molar-refractivity contribution in [2.24, 2.45) is 0 Å². The monoisotopic (exact) mass is 468 g/mol. The van der Waals surface area contributed by atoms with Crippen LogP contribution in [0.15, 0.2) is 48.5 Å². The molecule has 8 bridgehead atoms. The number of rotatable bonds is 0. The van der Waals surface area contributed by atoms with Gasteiger partial charge in [-0.05, 0) is 72.8 Å². The van der Waals surface area contributed by atoms with Crippen LogP contribution in [-0.2, 0) is 20.4 Å². The molecule has 0 fully saturated rings. The first-order chi connectivity index (χ1) is 13.8. The van der Waals surface area contributed by atoms with Gasteiger partial charge in [-0.3, -0.25) is 0 Å². The van der Waals surface area contributed by atoms with Crippen molar-refractivity contribution in [3.63, 3.8) is 0 Å². The van der Waals surface area contributed by atoms with Gasteiger partial charge in [0.2, 0.25) is 0 Å². The molecular formula is C24H18N4Pd. The Labute approximate surface area is 183 Å². The standard InChI is InChI=1S/C20H14N4.2C2H2.Pd/c1-2-14-10-16-5-6-18(23-16)12-20-8-7-19(24-20)11-17-4-3-15(22-17)9-13(1)21-14;2*1-2;/h1-12,21-22H;2*1-2H;. The van der Waals surface area contributed by atoms with Gasteiger partial charge in [-0.25, -0.2) is 9.97 Å². The number of nitrogens with zero attached hydrogens (tertiary/aromatic N) is 2. The summed E-state index contributed by atoms with van der Waals surface area (Å²) in [5.74, 6) is 0. The van der Waals surface area contributed by atoms with E-state index in [1.807, 2.05) is 42.5 Å². The minimum atomic E-state index is 0. The van der Waals surface area contributed by atoms with Crippen LogP contribution in [0.4, 0.5) is 0 Å². The van der Waals surface area contributed by atoms with E-state index in [0.717, 1.165) is 44.8 Å². The Morgan fingerprint density at radius 3 is 1.17 bits per heavy atom.